The first-order valence-corrected chi connectivity index (χ1v) is 6.84. The summed E-state index contributed by atoms with van der Waals surface area (Å²) < 4.78 is 52.0. The van der Waals surface area contributed by atoms with Gasteiger partial charge < -0.3 is 4.74 Å². The lowest BCUT2D eigenvalue weighted by Gasteiger charge is -2.10. The average molecular weight is 337 g/mol. The topological polar surface area (TPSA) is 56.3 Å². The Bertz CT molecular complexity index is 509. The van der Waals surface area contributed by atoms with Gasteiger partial charge in [-0.25, -0.2) is 22.2 Å². The third-order valence-corrected chi connectivity index (χ3v) is 3.69. The minimum Gasteiger partial charge on any atom is -0.494 e. The van der Waals surface area contributed by atoms with Gasteiger partial charge >= 0.3 is 0 Å². The SMILES string of the molecule is COc1cnc(S(=O)(=O)Cl)c(C(F)F)c1Br. The molecular formula is C7H5BrClF2NO3S. The first kappa shape index (κ1) is 13.6. The fourth-order valence-corrected chi connectivity index (χ4v) is 2.75. The number of rotatable bonds is 3. The zero-order valence-corrected chi connectivity index (χ0v) is 10.9. The highest BCUT2D eigenvalue weighted by molar-refractivity contribution is 9.10. The van der Waals surface area contributed by atoms with Crippen LogP contribution in [-0.2, 0) is 9.05 Å². The van der Waals surface area contributed by atoms with E-state index in [-0.39, 0.29) is 10.2 Å². The molecule has 0 N–H and O–H groups in total. The zero-order chi connectivity index (χ0) is 12.5. The molecule has 0 saturated heterocycles. The van der Waals surface area contributed by atoms with Crippen molar-refractivity contribution in [2.24, 2.45) is 0 Å². The van der Waals surface area contributed by atoms with Crippen molar-refractivity contribution in [3.8, 4) is 5.75 Å². The maximum absolute atomic E-state index is 12.7. The van der Waals surface area contributed by atoms with Gasteiger partial charge in [0.25, 0.3) is 15.5 Å². The molecule has 0 radical (unpaired) electrons. The maximum atomic E-state index is 12.7. The van der Waals surface area contributed by atoms with E-state index in [9.17, 15) is 17.2 Å². The summed E-state index contributed by atoms with van der Waals surface area (Å²) in [5.41, 5.74) is -0.811. The van der Waals surface area contributed by atoms with Gasteiger partial charge in [0.15, 0.2) is 10.8 Å². The van der Waals surface area contributed by atoms with Gasteiger partial charge in [0.2, 0.25) is 0 Å². The highest BCUT2D eigenvalue weighted by Gasteiger charge is 2.28. The Morgan fingerprint density at radius 3 is 2.50 bits per heavy atom. The predicted octanol–water partition coefficient (Wildman–Crippen LogP) is 2.72. The second kappa shape index (κ2) is 4.80. The van der Waals surface area contributed by atoms with Gasteiger partial charge in [-0.2, -0.15) is 0 Å². The summed E-state index contributed by atoms with van der Waals surface area (Å²) in [4.78, 5) is 3.35. The minimum atomic E-state index is -4.33. The van der Waals surface area contributed by atoms with Crippen molar-refractivity contribution in [1.29, 1.82) is 0 Å². The number of aromatic nitrogens is 1. The molecule has 0 bridgehead atoms. The van der Waals surface area contributed by atoms with E-state index in [1.165, 1.54) is 7.11 Å². The zero-order valence-electron chi connectivity index (χ0n) is 7.75. The van der Waals surface area contributed by atoms with Gasteiger partial charge in [0.1, 0.15) is 0 Å². The molecule has 0 fully saturated rings. The summed E-state index contributed by atoms with van der Waals surface area (Å²) in [5, 5.41) is -0.878. The average Bonchev–Trinajstić information content (AvgIpc) is 2.15. The van der Waals surface area contributed by atoms with Gasteiger partial charge in [-0.3, -0.25) is 0 Å². The monoisotopic (exact) mass is 335 g/mol. The molecule has 1 rings (SSSR count). The first-order chi connectivity index (χ1) is 7.29. The lowest BCUT2D eigenvalue weighted by molar-refractivity contribution is 0.145. The molecule has 16 heavy (non-hydrogen) atoms. The smallest absolute Gasteiger partial charge is 0.279 e. The second-order valence-corrected chi connectivity index (χ2v) is 5.87. The number of halogens is 4. The number of pyridine rings is 1. The highest BCUT2D eigenvalue weighted by Crippen LogP contribution is 2.38. The maximum Gasteiger partial charge on any atom is 0.279 e. The molecule has 1 aromatic rings. The number of ether oxygens (including phenoxy) is 1. The molecule has 1 heterocycles. The second-order valence-electron chi connectivity index (χ2n) is 2.60. The third-order valence-electron chi connectivity index (χ3n) is 1.65. The van der Waals surface area contributed by atoms with Crippen LogP contribution in [0.15, 0.2) is 15.7 Å². The Balaban J connectivity index is 3.60. The van der Waals surface area contributed by atoms with Crippen molar-refractivity contribution in [1.82, 2.24) is 4.98 Å². The van der Waals surface area contributed by atoms with Crippen LogP contribution >= 0.6 is 26.6 Å². The molecule has 90 valence electrons. The standard InChI is InChI=1S/C7H5BrClF2NO3S/c1-15-3-2-12-7(16(9,13)14)4(5(3)8)6(10)11/h2,6H,1H3. The summed E-state index contributed by atoms with van der Waals surface area (Å²) in [7, 11) is 1.90. The molecule has 4 nitrogen and oxygen atoms in total. The van der Waals surface area contributed by atoms with Gasteiger partial charge in [-0.15, -0.1) is 0 Å². The molecule has 0 aliphatic carbocycles. The summed E-state index contributed by atoms with van der Waals surface area (Å²) in [6.07, 6.45) is -2.05. The van der Waals surface area contributed by atoms with Crippen LogP contribution < -0.4 is 4.74 Å². The third kappa shape index (κ3) is 2.61. The number of nitrogens with zero attached hydrogens (tertiary/aromatic N) is 1. The molecule has 0 unspecified atom stereocenters. The lowest BCUT2D eigenvalue weighted by Crippen LogP contribution is -2.04. The van der Waals surface area contributed by atoms with Crippen molar-refractivity contribution in [2.75, 3.05) is 7.11 Å². The molecule has 9 heteroatoms. The molecule has 0 spiro atoms. The largest absolute Gasteiger partial charge is 0.494 e. The summed E-state index contributed by atoms with van der Waals surface area (Å²) in [5.74, 6) is -0.000586. The minimum absolute atomic E-state index is 0.000586. The van der Waals surface area contributed by atoms with Crippen LogP contribution in [0.5, 0.6) is 5.75 Å². The molecule has 0 aliphatic rings. The normalized spacial score (nSPS) is 11.9. The van der Waals surface area contributed by atoms with Crippen LogP contribution in [0.1, 0.15) is 12.0 Å². The van der Waals surface area contributed by atoms with Crippen LogP contribution in [-0.4, -0.2) is 20.5 Å². The quantitative estimate of drug-likeness (QED) is 0.796. The van der Waals surface area contributed by atoms with E-state index in [4.69, 9.17) is 15.4 Å². The van der Waals surface area contributed by atoms with Crippen molar-refractivity contribution >= 4 is 35.7 Å². The predicted molar refractivity (Wildman–Crippen MR) is 56.5 cm³/mol. The van der Waals surface area contributed by atoms with E-state index in [0.29, 0.717) is 0 Å². The lowest BCUT2D eigenvalue weighted by atomic mass is 10.3. The molecule has 0 aromatic carbocycles. The number of alkyl halides is 2. The van der Waals surface area contributed by atoms with Crippen LogP contribution in [0.2, 0.25) is 0 Å². The highest BCUT2D eigenvalue weighted by atomic mass is 79.9. The van der Waals surface area contributed by atoms with Crippen molar-refractivity contribution in [2.45, 2.75) is 11.5 Å². The molecule has 0 atom stereocenters. The van der Waals surface area contributed by atoms with Gasteiger partial charge in [-0.05, 0) is 15.9 Å². The first-order valence-electron chi connectivity index (χ1n) is 3.74. The van der Waals surface area contributed by atoms with Crippen LogP contribution in [0.25, 0.3) is 0 Å². The van der Waals surface area contributed by atoms with Crippen LogP contribution in [0.4, 0.5) is 8.78 Å². The van der Waals surface area contributed by atoms with E-state index < -0.39 is 26.1 Å². The Morgan fingerprint density at radius 1 is 1.56 bits per heavy atom. The Morgan fingerprint density at radius 2 is 2.12 bits per heavy atom. The number of hydrogen-bond donors (Lipinski definition) is 0. The van der Waals surface area contributed by atoms with Crippen LogP contribution in [0.3, 0.4) is 0 Å². The van der Waals surface area contributed by atoms with Gasteiger partial charge in [0.05, 0.1) is 23.3 Å². The van der Waals surface area contributed by atoms with Crippen LogP contribution in [0, 0.1) is 0 Å². The van der Waals surface area contributed by atoms with Gasteiger partial charge in [0, 0.05) is 10.7 Å². The Labute approximate surface area is 103 Å². The molecular weight excluding hydrogens is 332 g/mol. The molecule has 0 saturated carbocycles. The van der Waals surface area contributed by atoms with Crippen molar-refractivity contribution in [3.63, 3.8) is 0 Å². The summed E-state index contributed by atoms with van der Waals surface area (Å²) in [6.45, 7) is 0. The molecule has 0 aliphatic heterocycles. The van der Waals surface area contributed by atoms with Crippen molar-refractivity contribution < 1.29 is 21.9 Å². The number of methoxy groups -OCH3 is 1. The van der Waals surface area contributed by atoms with E-state index >= 15 is 0 Å². The van der Waals surface area contributed by atoms with Gasteiger partial charge in [-0.1, -0.05) is 0 Å². The Kier molecular flexibility index (Phi) is 4.08. The molecule has 0 amide bonds. The summed E-state index contributed by atoms with van der Waals surface area (Å²) in [6, 6.07) is 0. The fourth-order valence-electron chi connectivity index (χ4n) is 0.996. The fraction of sp³-hybridized carbons (Fsp3) is 0.286. The van der Waals surface area contributed by atoms with E-state index in [1.807, 2.05) is 0 Å². The van der Waals surface area contributed by atoms with E-state index in [2.05, 4.69) is 20.9 Å². The van der Waals surface area contributed by atoms with E-state index in [1.54, 1.807) is 0 Å². The summed E-state index contributed by atoms with van der Waals surface area (Å²) >= 11 is 2.82. The van der Waals surface area contributed by atoms with E-state index in [0.717, 1.165) is 6.20 Å². The Hall–Kier alpha value is -0.470. The number of hydrogen-bond acceptors (Lipinski definition) is 4. The molecule has 1 aromatic heterocycles. The van der Waals surface area contributed by atoms with Crippen molar-refractivity contribution in [3.05, 3.63) is 16.2 Å².